The average Bonchev–Trinajstić information content (AvgIpc) is 3.14. The largest absolute Gasteiger partial charge is 0.267 e. The summed E-state index contributed by atoms with van der Waals surface area (Å²) in [5.41, 5.74) is 2.54. The molecule has 0 aliphatic rings. The van der Waals surface area contributed by atoms with E-state index in [1.54, 1.807) is 18.5 Å². The Kier molecular flexibility index (Phi) is 4.53. The summed E-state index contributed by atoms with van der Waals surface area (Å²) >= 11 is 4.70. The van der Waals surface area contributed by atoms with Crippen LogP contribution in [0.4, 0.5) is 5.13 Å². The molecule has 0 saturated heterocycles. The number of anilines is 1. The zero-order valence-electron chi connectivity index (χ0n) is 14.5. The molecule has 0 fully saturated rings. The Hall–Kier alpha value is -2.23. The Morgan fingerprint density at radius 2 is 1.85 bits per heavy atom. The number of fused-ring (bicyclic) bond motifs is 1. The molecule has 0 unspecified atom stereocenters. The highest BCUT2D eigenvalue weighted by Gasteiger charge is 2.26. The van der Waals surface area contributed by atoms with Gasteiger partial charge in [-0.3, -0.25) is 4.72 Å². The van der Waals surface area contributed by atoms with Gasteiger partial charge in [-0.1, -0.05) is 45.5 Å². The molecule has 0 bridgehead atoms. The molecule has 4 rings (SSSR count). The van der Waals surface area contributed by atoms with Gasteiger partial charge in [0.1, 0.15) is 4.90 Å². The van der Waals surface area contributed by atoms with E-state index in [1.807, 2.05) is 48.5 Å². The minimum absolute atomic E-state index is 0.173. The van der Waals surface area contributed by atoms with Crippen LogP contribution >= 0.6 is 27.3 Å². The number of nitrogens with zero attached hydrogens (tertiary/aromatic N) is 3. The molecule has 138 valence electrons. The lowest BCUT2D eigenvalue weighted by atomic mass is 10.3. The third-order valence-electron chi connectivity index (χ3n) is 4.07. The van der Waals surface area contributed by atoms with Crippen LogP contribution in [-0.4, -0.2) is 23.2 Å². The molecule has 0 atom stereocenters. The maximum atomic E-state index is 13.0. The third-order valence-corrected chi connectivity index (χ3v) is 7.21. The maximum Gasteiger partial charge on any atom is 0.267 e. The fraction of sp³-hybridized carbons (Fsp3) is 0.111. The summed E-state index contributed by atoms with van der Waals surface area (Å²) in [6, 6.07) is 15.1. The van der Waals surface area contributed by atoms with Gasteiger partial charge in [-0.25, -0.2) is 18.1 Å². The Balaban J connectivity index is 1.74. The standard InChI is InChI=1S/C18H15BrN4O2S2/c1-11-17(12(2)23(21-11)14-6-4-3-5-7-14)27(24,25)22-18-20-15-9-8-13(19)10-16(15)26-18/h3-10H,1-2H3,(H,20,22). The summed E-state index contributed by atoms with van der Waals surface area (Å²) in [5.74, 6) is 0. The molecule has 0 spiro atoms. The lowest BCUT2D eigenvalue weighted by Gasteiger charge is -2.07. The van der Waals surface area contributed by atoms with Crippen LogP contribution in [0.5, 0.6) is 0 Å². The molecule has 2 heterocycles. The van der Waals surface area contributed by atoms with Crippen LogP contribution in [0.1, 0.15) is 11.4 Å². The minimum atomic E-state index is -3.82. The highest BCUT2D eigenvalue weighted by atomic mass is 79.9. The topological polar surface area (TPSA) is 76.9 Å². The second-order valence-corrected chi connectivity index (χ2v) is 9.55. The third kappa shape index (κ3) is 3.38. The first-order valence-corrected chi connectivity index (χ1v) is 11.1. The SMILES string of the molecule is Cc1nn(-c2ccccc2)c(C)c1S(=O)(=O)Nc1nc2ccc(Br)cc2s1. The molecule has 1 N–H and O–H groups in total. The van der Waals surface area contributed by atoms with E-state index in [4.69, 9.17) is 0 Å². The monoisotopic (exact) mass is 462 g/mol. The minimum Gasteiger partial charge on any atom is -0.254 e. The van der Waals surface area contributed by atoms with Gasteiger partial charge in [0, 0.05) is 4.47 Å². The molecular weight excluding hydrogens is 448 g/mol. The first-order valence-electron chi connectivity index (χ1n) is 8.06. The molecule has 27 heavy (non-hydrogen) atoms. The lowest BCUT2D eigenvalue weighted by Crippen LogP contribution is -2.14. The number of nitrogens with one attached hydrogen (secondary N) is 1. The van der Waals surface area contributed by atoms with E-state index in [0.717, 1.165) is 20.4 Å². The molecule has 2 aromatic carbocycles. The quantitative estimate of drug-likeness (QED) is 0.478. The van der Waals surface area contributed by atoms with Gasteiger partial charge >= 0.3 is 0 Å². The Bertz CT molecular complexity index is 1250. The summed E-state index contributed by atoms with van der Waals surface area (Å²) in [4.78, 5) is 4.54. The molecular formula is C18H15BrN4O2S2. The molecule has 6 nitrogen and oxygen atoms in total. The number of aryl methyl sites for hydroxylation is 1. The first-order chi connectivity index (χ1) is 12.8. The summed E-state index contributed by atoms with van der Waals surface area (Å²) in [6.45, 7) is 3.44. The number of para-hydroxylation sites is 1. The summed E-state index contributed by atoms with van der Waals surface area (Å²) in [6.07, 6.45) is 0. The van der Waals surface area contributed by atoms with Crippen LogP contribution < -0.4 is 4.72 Å². The van der Waals surface area contributed by atoms with Crippen LogP contribution in [0.2, 0.25) is 0 Å². The van der Waals surface area contributed by atoms with Crippen molar-refractivity contribution in [3.63, 3.8) is 0 Å². The molecule has 4 aromatic rings. The second kappa shape index (κ2) is 6.74. The predicted molar refractivity (Wildman–Crippen MR) is 111 cm³/mol. The highest BCUT2D eigenvalue weighted by molar-refractivity contribution is 9.10. The van der Waals surface area contributed by atoms with Gasteiger partial charge in [0.15, 0.2) is 5.13 Å². The van der Waals surface area contributed by atoms with Gasteiger partial charge in [-0.05, 0) is 44.2 Å². The van der Waals surface area contributed by atoms with E-state index in [-0.39, 0.29) is 4.90 Å². The smallest absolute Gasteiger partial charge is 0.254 e. The van der Waals surface area contributed by atoms with Gasteiger partial charge in [-0.2, -0.15) is 5.10 Å². The maximum absolute atomic E-state index is 13.0. The zero-order chi connectivity index (χ0) is 19.2. The highest BCUT2D eigenvalue weighted by Crippen LogP contribution is 2.31. The van der Waals surface area contributed by atoms with Crippen molar-refractivity contribution in [2.24, 2.45) is 0 Å². The van der Waals surface area contributed by atoms with Crippen molar-refractivity contribution in [1.29, 1.82) is 0 Å². The Labute approximate surface area is 169 Å². The van der Waals surface area contributed by atoms with E-state index >= 15 is 0 Å². The molecule has 0 saturated carbocycles. The van der Waals surface area contributed by atoms with Crippen LogP contribution in [0.25, 0.3) is 15.9 Å². The number of hydrogen-bond acceptors (Lipinski definition) is 5. The van der Waals surface area contributed by atoms with Crippen molar-refractivity contribution >= 4 is 52.6 Å². The molecule has 9 heteroatoms. The number of sulfonamides is 1. The van der Waals surface area contributed by atoms with Crippen LogP contribution in [0.3, 0.4) is 0 Å². The normalized spacial score (nSPS) is 11.8. The van der Waals surface area contributed by atoms with Gasteiger partial charge in [-0.15, -0.1) is 0 Å². The van der Waals surface area contributed by atoms with Gasteiger partial charge in [0.2, 0.25) is 0 Å². The first kappa shape index (κ1) is 18.1. The fourth-order valence-electron chi connectivity index (χ4n) is 2.95. The van der Waals surface area contributed by atoms with Crippen molar-refractivity contribution in [3.05, 3.63) is 64.4 Å². The van der Waals surface area contributed by atoms with Crippen molar-refractivity contribution in [2.45, 2.75) is 18.7 Å². The van der Waals surface area contributed by atoms with E-state index in [1.165, 1.54) is 11.3 Å². The van der Waals surface area contributed by atoms with Gasteiger partial charge < -0.3 is 0 Å². The molecule has 0 aliphatic carbocycles. The summed E-state index contributed by atoms with van der Waals surface area (Å²) in [7, 11) is -3.82. The molecule has 0 radical (unpaired) electrons. The van der Waals surface area contributed by atoms with Gasteiger partial charge in [0.25, 0.3) is 10.0 Å². The number of rotatable bonds is 4. The molecule has 0 aliphatic heterocycles. The predicted octanol–water partition coefficient (Wildman–Crippen LogP) is 4.66. The zero-order valence-corrected chi connectivity index (χ0v) is 17.7. The van der Waals surface area contributed by atoms with E-state index in [9.17, 15) is 8.42 Å². The molecule has 2 aromatic heterocycles. The number of benzene rings is 2. The van der Waals surface area contributed by atoms with Crippen molar-refractivity contribution in [3.8, 4) is 5.69 Å². The number of halogens is 1. The second-order valence-electron chi connectivity index (χ2n) is 5.98. The fourth-order valence-corrected chi connectivity index (χ4v) is 5.99. The van der Waals surface area contributed by atoms with Crippen molar-refractivity contribution in [1.82, 2.24) is 14.8 Å². The van der Waals surface area contributed by atoms with Crippen LogP contribution in [0.15, 0.2) is 57.9 Å². The van der Waals surface area contributed by atoms with E-state index in [0.29, 0.717) is 16.5 Å². The Morgan fingerprint density at radius 1 is 1.11 bits per heavy atom. The van der Waals surface area contributed by atoms with E-state index in [2.05, 4.69) is 30.7 Å². The Morgan fingerprint density at radius 3 is 2.59 bits per heavy atom. The van der Waals surface area contributed by atoms with Crippen molar-refractivity contribution in [2.75, 3.05) is 4.72 Å². The number of thiazole rings is 1. The molecule has 0 amide bonds. The van der Waals surface area contributed by atoms with Gasteiger partial charge in [0.05, 0.1) is 27.3 Å². The van der Waals surface area contributed by atoms with Crippen LogP contribution in [-0.2, 0) is 10.0 Å². The summed E-state index contributed by atoms with van der Waals surface area (Å²) < 4.78 is 32.1. The number of hydrogen-bond donors (Lipinski definition) is 1. The summed E-state index contributed by atoms with van der Waals surface area (Å²) in [5, 5.41) is 4.75. The average molecular weight is 463 g/mol. The number of aromatic nitrogens is 3. The van der Waals surface area contributed by atoms with E-state index < -0.39 is 10.0 Å². The van der Waals surface area contributed by atoms with Crippen molar-refractivity contribution < 1.29 is 8.42 Å². The van der Waals surface area contributed by atoms with Crippen LogP contribution in [0, 0.1) is 13.8 Å². The lowest BCUT2D eigenvalue weighted by molar-refractivity contribution is 0.600.